The summed E-state index contributed by atoms with van der Waals surface area (Å²) in [6, 6.07) is 28.2. The molecule has 0 bridgehead atoms. The van der Waals surface area contributed by atoms with Crippen LogP contribution in [0.25, 0.3) is 0 Å². The number of carbonyl (C=O) groups excluding carboxylic acids is 2. The van der Waals surface area contributed by atoms with Crippen LogP contribution in [0.3, 0.4) is 0 Å². The number of Topliss-reactive ketones (excluding diaryl/α,β-unsaturated/α-hetero) is 2. The van der Waals surface area contributed by atoms with Crippen LogP contribution in [0.4, 0.5) is 0 Å². The average Bonchev–Trinajstić information content (AvgIpc) is 3.46. The molecule has 0 radical (unpaired) electrons. The molecule has 1 aliphatic rings. The molecule has 3 aromatic rings. The number of carbonyl (C=O) groups is 2. The van der Waals surface area contributed by atoms with Crippen LogP contribution in [-0.4, -0.2) is 11.6 Å². The summed E-state index contributed by atoms with van der Waals surface area (Å²) >= 11 is 0. The molecule has 3 aromatic carbocycles. The van der Waals surface area contributed by atoms with Crippen LogP contribution >= 0.6 is 0 Å². The molecule has 0 unspecified atom stereocenters. The maximum Gasteiger partial charge on any atom is 0.177 e. The second-order valence-electron chi connectivity index (χ2n) is 6.53. The van der Waals surface area contributed by atoms with Gasteiger partial charge >= 0.3 is 0 Å². The first-order valence-electron chi connectivity index (χ1n) is 8.48. The van der Waals surface area contributed by atoms with E-state index in [-0.39, 0.29) is 17.5 Å². The Morgan fingerprint density at radius 1 is 0.640 bits per heavy atom. The summed E-state index contributed by atoms with van der Waals surface area (Å²) in [5.74, 6) is -0.208. The van der Waals surface area contributed by atoms with Crippen molar-refractivity contribution in [1.82, 2.24) is 0 Å². The third-order valence-corrected chi connectivity index (χ3v) is 5.05. The number of benzene rings is 3. The van der Waals surface area contributed by atoms with Crippen molar-refractivity contribution < 1.29 is 9.59 Å². The van der Waals surface area contributed by atoms with Crippen molar-refractivity contribution in [3.05, 3.63) is 108 Å². The molecule has 0 N–H and O–H groups in total. The zero-order chi connectivity index (χ0) is 17.3. The summed E-state index contributed by atoms with van der Waals surface area (Å²) < 4.78 is 0. The SMILES string of the molecule is O=C(c1ccccc1)C1(C(=O)c2ccccc2)C[C@@H]1c1ccccc1. The lowest BCUT2D eigenvalue weighted by Gasteiger charge is -2.16. The first-order valence-corrected chi connectivity index (χ1v) is 8.48. The summed E-state index contributed by atoms with van der Waals surface area (Å²) in [6.07, 6.45) is 0.568. The summed E-state index contributed by atoms with van der Waals surface area (Å²) in [5.41, 5.74) is 1.27. The molecular formula is C23H18O2. The standard InChI is InChI=1S/C23H18O2/c24-21(18-12-6-2-7-13-18)23(22(25)19-14-8-3-9-15-19)16-20(23)17-10-4-1-5-11-17/h1-15,20H,16H2/t20-/m1/s1. The zero-order valence-electron chi connectivity index (χ0n) is 13.8. The fourth-order valence-corrected chi connectivity index (χ4v) is 3.65. The molecule has 0 spiro atoms. The van der Waals surface area contributed by atoms with E-state index in [1.165, 1.54) is 0 Å². The van der Waals surface area contributed by atoms with Gasteiger partial charge in [0, 0.05) is 17.0 Å². The first-order chi connectivity index (χ1) is 12.2. The molecule has 0 aliphatic heterocycles. The Labute approximate surface area is 147 Å². The third kappa shape index (κ3) is 2.60. The van der Waals surface area contributed by atoms with E-state index >= 15 is 0 Å². The molecule has 2 heteroatoms. The first kappa shape index (κ1) is 15.5. The van der Waals surface area contributed by atoms with E-state index in [1.807, 2.05) is 66.7 Å². The molecule has 0 heterocycles. The Kier molecular flexibility index (Phi) is 3.81. The van der Waals surface area contributed by atoms with Gasteiger partial charge in [0.15, 0.2) is 11.6 Å². The van der Waals surface area contributed by atoms with Crippen molar-refractivity contribution in [3.8, 4) is 0 Å². The number of rotatable bonds is 5. The van der Waals surface area contributed by atoms with Crippen LogP contribution in [0.2, 0.25) is 0 Å². The summed E-state index contributed by atoms with van der Waals surface area (Å²) in [4.78, 5) is 26.6. The molecule has 122 valence electrons. The van der Waals surface area contributed by atoms with Crippen molar-refractivity contribution in [2.75, 3.05) is 0 Å². The average molecular weight is 326 g/mol. The van der Waals surface area contributed by atoms with Gasteiger partial charge in [0.1, 0.15) is 5.41 Å². The molecule has 2 nitrogen and oxygen atoms in total. The van der Waals surface area contributed by atoms with Crippen molar-refractivity contribution in [2.24, 2.45) is 5.41 Å². The van der Waals surface area contributed by atoms with Gasteiger partial charge < -0.3 is 0 Å². The second kappa shape index (κ2) is 6.14. The van der Waals surface area contributed by atoms with Crippen LogP contribution in [-0.2, 0) is 0 Å². The van der Waals surface area contributed by atoms with Gasteiger partial charge in [-0.15, -0.1) is 0 Å². The Morgan fingerprint density at radius 3 is 1.48 bits per heavy atom. The van der Waals surface area contributed by atoms with Crippen molar-refractivity contribution in [3.63, 3.8) is 0 Å². The Morgan fingerprint density at radius 2 is 1.04 bits per heavy atom. The lowest BCUT2D eigenvalue weighted by molar-refractivity contribution is 0.0776. The fourth-order valence-electron chi connectivity index (χ4n) is 3.65. The normalized spacial score (nSPS) is 17.7. The van der Waals surface area contributed by atoms with E-state index in [4.69, 9.17) is 0 Å². The molecule has 1 atom stereocenters. The third-order valence-electron chi connectivity index (χ3n) is 5.05. The van der Waals surface area contributed by atoms with E-state index in [2.05, 4.69) is 0 Å². The lowest BCUT2D eigenvalue weighted by atomic mass is 9.83. The van der Waals surface area contributed by atoms with Gasteiger partial charge in [-0.1, -0.05) is 91.0 Å². The van der Waals surface area contributed by atoms with Crippen LogP contribution in [0.1, 0.15) is 38.6 Å². The minimum Gasteiger partial charge on any atom is -0.293 e. The minimum absolute atomic E-state index is 0.0610. The summed E-state index contributed by atoms with van der Waals surface area (Å²) in [7, 11) is 0. The molecule has 4 rings (SSSR count). The van der Waals surface area contributed by atoms with Crippen LogP contribution < -0.4 is 0 Å². The van der Waals surface area contributed by atoms with Gasteiger partial charge in [0.2, 0.25) is 0 Å². The monoisotopic (exact) mass is 326 g/mol. The van der Waals surface area contributed by atoms with Crippen LogP contribution in [0, 0.1) is 5.41 Å². The molecule has 1 aliphatic carbocycles. The maximum absolute atomic E-state index is 13.3. The topological polar surface area (TPSA) is 34.1 Å². The predicted molar refractivity (Wildman–Crippen MR) is 97.8 cm³/mol. The largest absolute Gasteiger partial charge is 0.293 e. The Balaban J connectivity index is 1.78. The fraction of sp³-hybridized carbons (Fsp3) is 0.130. The van der Waals surface area contributed by atoms with E-state index < -0.39 is 5.41 Å². The molecule has 0 aromatic heterocycles. The van der Waals surface area contributed by atoms with Gasteiger partial charge in [0.05, 0.1) is 0 Å². The van der Waals surface area contributed by atoms with E-state index in [9.17, 15) is 9.59 Å². The molecular weight excluding hydrogens is 308 g/mol. The lowest BCUT2D eigenvalue weighted by Crippen LogP contribution is -2.28. The van der Waals surface area contributed by atoms with Gasteiger partial charge in [0.25, 0.3) is 0 Å². The quantitative estimate of drug-likeness (QED) is 0.492. The van der Waals surface area contributed by atoms with Gasteiger partial charge in [-0.25, -0.2) is 0 Å². The Bertz CT molecular complexity index is 847. The molecule has 1 saturated carbocycles. The minimum atomic E-state index is -0.982. The molecule has 0 saturated heterocycles. The van der Waals surface area contributed by atoms with E-state index in [1.54, 1.807) is 24.3 Å². The smallest absolute Gasteiger partial charge is 0.177 e. The molecule has 0 amide bonds. The molecule has 25 heavy (non-hydrogen) atoms. The highest BCUT2D eigenvalue weighted by Crippen LogP contribution is 2.62. The van der Waals surface area contributed by atoms with Crippen LogP contribution in [0.5, 0.6) is 0 Å². The predicted octanol–water partition coefficient (Wildman–Crippen LogP) is 4.93. The van der Waals surface area contributed by atoms with Crippen LogP contribution in [0.15, 0.2) is 91.0 Å². The Hall–Kier alpha value is -3.00. The number of hydrogen-bond donors (Lipinski definition) is 0. The highest BCUT2D eigenvalue weighted by Gasteiger charge is 2.65. The van der Waals surface area contributed by atoms with Gasteiger partial charge in [-0.2, -0.15) is 0 Å². The van der Waals surface area contributed by atoms with Crippen molar-refractivity contribution in [1.29, 1.82) is 0 Å². The van der Waals surface area contributed by atoms with Crippen molar-refractivity contribution >= 4 is 11.6 Å². The maximum atomic E-state index is 13.3. The highest BCUT2D eigenvalue weighted by atomic mass is 16.2. The number of ketones is 2. The summed E-state index contributed by atoms with van der Waals surface area (Å²) in [5, 5.41) is 0. The zero-order valence-corrected chi connectivity index (χ0v) is 13.8. The highest BCUT2D eigenvalue weighted by molar-refractivity contribution is 6.23. The summed E-state index contributed by atoms with van der Waals surface area (Å²) in [6.45, 7) is 0. The van der Waals surface area contributed by atoms with Gasteiger partial charge in [-0.05, 0) is 12.0 Å². The second-order valence-corrected chi connectivity index (χ2v) is 6.53. The van der Waals surface area contributed by atoms with Crippen molar-refractivity contribution in [2.45, 2.75) is 12.3 Å². The van der Waals surface area contributed by atoms with E-state index in [0.717, 1.165) is 5.56 Å². The van der Waals surface area contributed by atoms with Gasteiger partial charge in [-0.3, -0.25) is 9.59 Å². The van der Waals surface area contributed by atoms with E-state index in [0.29, 0.717) is 17.5 Å². The molecule has 1 fully saturated rings. The number of hydrogen-bond acceptors (Lipinski definition) is 2.